The summed E-state index contributed by atoms with van der Waals surface area (Å²) < 4.78 is 113. The molecule has 0 spiro atoms. The van der Waals surface area contributed by atoms with E-state index in [-0.39, 0.29) is 48.7 Å². The number of rotatable bonds is 9. The number of nitrogens with one attached hydrogen (secondary N) is 1. The number of aromatic nitrogens is 3. The van der Waals surface area contributed by atoms with Gasteiger partial charge in [0.15, 0.2) is 0 Å². The highest BCUT2D eigenvalue weighted by Crippen LogP contribution is 2.40. The molecule has 1 amide bonds. The molecule has 4 heterocycles. The van der Waals surface area contributed by atoms with Crippen molar-refractivity contribution in [2.75, 3.05) is 19.7 Å². The standard InChI is InChI=1S/C33H32ClF6N5O6S2/c1-17-13-23(29-28(41-17)25(16-52-29)30(46)43-53(48,49)33(38,39)40)22-14-19(34)3-6-27(22)50-12-11-45-18(2)42-26-5-4-20(15-24(26)31(45)47)44-9-7-21(8-10-44)51-32(35,36)37/h3,6,13-14,16,20-21H,4-5,7-12,15H2,1-2H3,(H,43,46)/t20-/m0/s1. The fourth-order valence-electron chi connectivity index (χ4n) is 6.75. The summed E-state index contributed by atoms with van der Waals surface area (Å²) in [6, 6.07) is 6.41. The van der Waals surface area contributed by atoms with E-state index >= 15 is 0 Å². The quantitative estimate of drug-likeness (QED) is 0.194. The Morgan fingerprint density at radius 1 is 1.06 bits per heavy atom. The Bertz CT molecular complexity index is 2220. The molecule has 1 atom stereocenters. The van der Waals surface area contributed by atoms with Crippen LogP contribution in [0.5, 0.6) is 5.75 Å². The van der Waals surface area contributed by atoms with Gasteiger partial charge in [-0.3, -0.25) is 28.8 Å². The van der Waals surface area contributed by atoms with Crippen molar-refractivity contribution >= 4 is 49.1 Å². The maximum Gasteiger partial charge on any atom is 0.522 e. The first-order valence-electron chi connectivity index (χ1n) is 16.3. The number of thiophene rings is 1. The van der Waals surface area contributed by atoms with Crippen molar-refractivity contribution in [2.45, 2.75) is 76.5 Å². The largest absolute Gasteiger partial charge is 0.522 e. The summed E-state index contributed by atoms with van der Waals surface area (Å²) in [4.78, 5) is 37.6. The van der Waals surface area contributed by atoms with Gasteiger partial charge in [0, 0.05) is 51.9 Å². The Labute approximate surface area is 307 Å². The van der Waals surface area contributed by atoms with Gasteiger partial charge in [0.05, 0.1) is 34.1 Å². The minimum atomic E-state index is -5.96. The second kappa shape index (κ2) is 14.8. The first-order valence-corrected chi connectivity index (χ1v) is 19.1. The van der Waals surface area contributed by atoms with Gasteiger partial charge in [0.2, 0.25) is 0 Å². The Kier molecular flexibility index (Phi) is 10.9. The molecule has 4 aromatic rings. The van der Waals surface area contributed by atoms with Crippen molar-refractivity contribution in [3.05, 3.63) is 73.4 Å². The summed E-state index contributed by atoms with van der Waals surface area (Å²) in [5, 5.41) is 1.53. The Morgan fingerprint density at radius 2 is 1.77 bits per heavy atom. The molecule has 0 radical (unpaired) electrons. The molecule has 1 aliphatic carbocycles. The third kappa shape index (κ3) is 8.48. The zero-order valence-corrected chi connectivity index (χ0v) is 30.5. The number of piperidine rings is 1. The molecule has 286 valence electrons. The predicted octanol–water partition coefficient (Wildman–Crippen LogP) is 6.31. The predicted molar refractivity (Wildman–Crippen MR) is 184 cm³/mol. The fraction of sp³-hybridized carbons (Fsp3) is 0.455. The van der Waals surface area contributed by atoms with Gasteiger partial charge < -0.3 is 4.74 Å². The third-order valence-electron chi connectivity index (χ3n) is 9.22. The van der Waals surface area contributed by atoms with Crippen molar-refractivity contribution < 1.29 is 49.0 Å². The zero-order valence-electron chi connectivity index (χ0n) is 28.1. The summed E-state index contributed by atoms with van der Waals surface area (Å²) in [6.07, 6.45) is -3.39. The van der Waals surface area contributed by atoms with E-state index in [1.165, 1.54) is 9.95 Å². The lowest BCUT2D eigenvalue weighted by Crippen LogP contribution is -2.48. The van der Waals surface area contributed by atoms with Crippen LogP contribution in [0.1, 0.15) is 52.4 Å². The van der Waals surface area contributed by atoms with E-state index in [2.05, 4.69) is 14.6 Å². The van der Waals surface area contributed by atoms with Gasteiger partial charge in [-0.2, -0.15) is 21.6 Å². The molecule has 1 fully saturated rings. The first-order chi connectivity index (χ1) is 24.8. The summed E-state index contributed by atoms with van der Waals surface area (Å²) in [5.41, 5.74) is -3.78. The molecule has 1 aliphatic heterocycles. The highest BCUT2D eigenvalue weighted by molar-refractivity contribution is 7.90. The second-order valence-corrected chi connectivity index (χ2v) is 15.7. The van der Waals surface area contributed by atoms with E-state index in [1.807, 2.05) is 0 Å². The van der Waals surface area contributed by atoms with Gasteiger partial charge in [-0.05, 0) is 70.2 Å². The summed E-state index contributed by atoms with van der Waals surface area (Å²) in [6.45, 7) is 4.27. The van der Waals surface area contributed by atoms with Crippen LogP contribution in [0.2, 0.25) is 5.02 Å². The van der Waals surface area contributed by atoms with Crippen LogP contribution in [0.4, 0.5) is 26.3 Å². The summed E-state index contributed by atoms with van der Waals surface area (Å²) in [5.74, 6) is -0.679. The van der Waals surface area contributed by atoms with Crippen LogP contribution >= 0.6 is 22.9 Å². The number of carbonyl (C=O) groups excluding carboxylic acids is 1. The van der Waals surface area contributed by atoms with E-state index in [4.69, 9.17) is 21.3 Å². The average Bonchev–Trinajstić information content (AvgIpc) is 3.49. The number of benzene rings is 1. The van der Waals surface area contributed by atoms with Crippen LogP contribution < -0.4 is 15.0 Å². The highest BCUT2D eigenvalue weighted by Gasteiger charge is 2.47. The SMILES string of the molecule is Cc1cc(-c2cc(Cl)ccc2OCCn2c(C)nc3c(c2=O)C[C@@H](N2CCC(OC(F)(F)F)CC2)CC3)c2scc(C(=O)NS(=O)(=O)C(F)(F)F)c2n1. The summed E-state index contributed by atoms with van der Waals surface area (Å²) in [7, 11) is -5.96. The lowest BCUT2D eigenvalue weighted by atomic mass is 9.90. The number of sulfonamides is 1. The maximum absolute atomic E-state index is 13.8. The van der Waals surface area contributed by atoms with E-state index in [9.17, 15) is 44.3 Å². The van der Waals surface area contributed by atoms with Gasteiger partial charge >= 0.3 is 21.9 Å². The molecular formula is C33H32ClF6N5O6S2. The molecule has 11 nitrogen and oxygen atoms in total. The number of halogens is 7. The van der Waals surface area contributed by atoms with Crippen LogP contribution in [0.15, 0.2) is 34.4 Å². The number of amides is 1. The molecule has 53 heavy (non-hydrogen) atoms. The van der Waals surface area contributed by atoms with Crippen LogP contribution in [-0.4, -0.2) is 77.5 Å². The summed E-state index contributed by atoms with van der Waals surface area (Å²) >= 11 is 7.32. The van der Waals surface area contributed by atoms with E-state index in [0.717, 1.165) is 22.5 Å². The molecule has 2 aliphatic rings. The normalized spacial score (nSPS) is 17.6. The minimum absolute atomic E-state index is 0.00655. The van der Waals surface area contributed by atoms with Gasteiger partial charge in [-0.25, -0.2) is 9.71 Å². The Morgan fingerprint density at radius 3 is 2.45 bits per heavy atom. The van der Waals surface area contributed by atoms with Crippen LogP contribution in [-0.2, 0) is 34.1 Å². The minimum Gasteiger partial charge on any atom is -0.491 e. The third-order valence-corrected chi connectivity index (χ3v) is 11.5. The van der Waals surface area contributed by atoms with Crippen LogP contribution in [0.25, 0.3) is 21.3 Å². The zero-order chi connectivity index (χ0) is 38.5. The van der Waals surface area contributed by atoms with Crippen molar-refractivity contribution in [1.29, 1.82) is 0 Å². The average molecular weight is 808 g/mol. The number of fused-ring (bicyclic) bond motifs is 2. The first kappa shape index (κ1) is 38.9. The van der Waals surface area contributed by atoms with Gasteiger partial charge in [-0.1, -0.05) is 11.6 Å². The fourth-order valence-corrected chi connectivity index (χ4v) is 8.41. The van der Waals surface area contributed by atoms with Crippen LogP contribution in [0, 0.1) is 13.8 Å². The number of hydrogen-bond acceptors (Lipinski definition) is 10. The van der Waals surface area contributed by atoms with Crippen molar-refractivity contribution in [1.82, 2.24) is 24.2 Å². The van der Waals surface area contributed by atoms with Gasteiger partial charge in [0.25, 0.3) is 11.5 Å². The molecule has 0 bridgehead atoms. The maximum atomic E-state index is 13.8. The second-order valence-electron chi connectivity index (χ2n) is 12.7. The highest BCUT2D eigenvalue weighted by atomic mass is 35.5. The van der Waals surface area contributed by atoms with Crippen LogP contribution in [0.3, 0.4) is 0 Å². The van der Waals surface area contributed by atoms with E-state index in [1.54, 1.807) is 38.1 Å². The number of carbonyl (C=O) groups is 1. The molecule has 1 N–H and O–H groups in total. The molecule has 0 saturated carbocycles. The lowest BCUT2D eigenvalue weighted by Gasteiger charge is -2.39. The topological polar surface area (TPSA) is 133 Å². The van der Waals surface area contributed by atoms with Gasteiger partial charge in [0.1, 0.15) is 18.2 Å². The Balaban J connectivity index is 1.20. The molecule has 20 heteroatoms. The molecular weight excluding hydrogens is 776 g/mol. The number of ether oxygens (including phenoxy) is 2. The number of aryl methyl sites for hydroxylation is 3. The number of alkyl halides is 6. The molecule has 1 aromatic carbocycles. The lowest BCUT2D eigenvalue weighted by molar-refractivity contribution is -0.346. The van der Waals surface area contributed by atoms with Crippen molar-refractivity contribution in [2.24, 2.45) is 0 Å². The monoisotopic (exact) mass is 807 g/mol. The van der Waals surface area contributed by atoms with Gasteiger partial charge in [-0.15, -0.1) is 24.5 Å². The smallest absolute Gasteiger partial charge is 0.491 e. The molecule has 6 rings (SSSR count). The molecule has 3 aromatic heterocycles. The number of nitrogens with zero attached hydrogens (tertiary/aromatic N) is 4. The number of likely N-dealkylation sites (tertiary alicyclic amines) is 1. The van der Waals surface area contributed by atoms with E-state index < -0.39 is 33.9 Å². The Hall–Kier alpha value is -3.78. The van der Waals surface area contributed by atoms with Crippen molar-refractivity contribution in [3.8, 4) is 16.9 Å². The van der Waals surface area contributed by atoms with Crippen molar-refractivity contribution in [3.63, 3.8) is 0 Å². The molecule has 1 saturated heterocycles. The number of hydrogen-bond donors (Lipinski definition) is 1. The van der Waals surface area contributed by atoms with E-state index in [0.29, 0.717) is 75.3 Å². The molecule has 0 unspecified atom stereocenters. The number of pyridine rings is 1.